The Morgan fingerprint density at radius 3 is 2.53 bits per heavy atom. The van der Waals surface area contributed by atoms with Crippen molar-refractivity contribution in [2.45, 2.75) is 13.5 Å². The maximum absolute atomic E-state index is 12.5. The molecule has 4 rings (SSSR count). The fraction of sp³-hybridized carbons (Fsp3) is 0.273. The van der Waals surface area contributed by atoms with Crippen molar-refractivity contribution in [2.75, 3.05) is 34.8 Å². The fourth-order valence-electron chi connectivity index (χ4n) is 3.52. The van der Waals surface area contributed by atoms with Crippen molar-refractivity contribution in [1.82, 2.24) is 14.9 Å². The first-order chi connectivity index (χ1) is 14.6. The van der Waals surface area contributed by atoms with Crippen LogP contribution in [0, 0.1) is 6.92 Å². The Morgan fingerprint density at radius 2 is 1.83 bits per heavy atom. The van der Waals surface area contributed by atoms with Gasteiger partial charge in [0, 0.05) is 48.7 Å². The summed E-state index contributed by atoms with van der Waals surface area (Å²) in [5, 5.41) is 5.74. The Hall–Kier alpha value is -3.13. The number of imidazole rings is 1. The zero-order valence-electron chi connectivity index (χ0n) is 16.9. The lowest BCUT2D eigenvalue weighted by Crippen LogP contribution is -2.32. The van der Waals surface area contributed by atoms with Crippen LogP contribution in [0.4, 0.5) is 16.2 Å². The third kappa shape index (κ3) is 4.54. The highest BCUT2D eigenvalue weighted by atomic mass is 32.2. The maximum atomic E-state index is 12.5. The summed E-state index contributed by atoms with van der Waals surface area (Å²) in [4.78, 5) is 29.6. The van der Waals surface area contributed by atoms with Gasteiger partial charge in [-0.15, -0.1) is 0 Å². The standard InChI is InChI=1S/C22H25N5O2S/c1-16-14-24-22(29)27(16)20-5-3-2-4-19(20)25-21(28)23-15-17-6-8-18(9-7-17)26-10-12-30-13-11-26/h2-9,14H,10-13,15H2,1H3,(H,24,29)(H2,23,25,28). The number of rotatable bonds is 5. The molecule has 1 aliphatic rings. The van der Waals surface area contributed by atoms with Crippen LogP contribution in [-0.2, 0) is 6.54 Å². The van der Waals surface area contributed by atoms with E-state index in [9.17, 15) is 9.59 Å². The third-order valence-corrected chi connectivity index (χ3v) is 6.06. The number of urea groups is 1. The predicted molar refractivity (Wildman–Crippen MR) is 123 cm³/mol. The molecule has 30 heavy (non-hydrogen) atoms. The van der Waals surface area contributed by atoms with E-state index in [4.69, 9.17) is 0 Å². The second-order valence-corrected chi connectivity index (χ2v) is 8.39. The number of nitrogens with one attached hydrogen (secondary N) is 3. The summed E-state index contributed by atoms with van der Waals surface area (Å²) in [6.45, 7) is 4.41. The first-order valence-electron chi connectivity index (χ1n) is 9.95. The highest BCUT2D eigenvalue weighted by Crippen LogP contribution is 2.21. The molecule has 1 fully saturated rings. The Balaban J connectivity index is 1.38. The lowest BCUT2D eigenvalue weighted by molar-refractivity contribution is 0.251. The molecule has 2 amide bonds. The smallest absolute Gasteiger partial charge is 0.330 e. The van der Waals surface area contributed by atoms with Crippen LogP contribution in [0.25, 0.3) is 5.69 Å². The number of hydrogen-bond donors (Lipinski definition) is 3. The average Bonchev–Trinajstić information content (AvgIpc) is 3.11. The van der Waals surface area contributed by atoms with Crippen LogP contribution in [0.15, 0.2) is 59.5 Å². The number of amides is 2. The third-order valence-electron chi connectivity index (χ3n) is 5.12. The van der Waals surface area contributed by atoms with Crippen molar-refractivity contribution < 1.29 is 4.79 Å². The molecule has 156 valence electrons. The number of carbonyl (C=O) groups is 1. The van der Waals surface area contributed by atoms with Gasteiger partial charge in [0.1, 0.15) is 0 Å². The van der Waals surface area contributed by atoms with Crippen LogP contribution in [0.1, 0.15) is 11.3 Å². The van der Waals surface area contributed by atoms with E-state index in [1.54, 1.807) is 18.3 Å². The SMILES string of the molecule is Cc1c[nH]c(=O)n1-c1ccccc1NC(=O)NCc1ccc(N2CCSCC2)cc1. The number of para-hydroxylation sites is 2. The van der Waals surface area contributed by atoms with E-state index in [2.05, 4.69) is 32.7 Å². The molecule has 1 aliphatic heterocycles. The van der Waals surface area contributed by atoms with Crippen molar-refractivity contribution in [3.63, 3.8) is 0 Å². The van der Waals surface area contributed by atoms with Crippen molar-refractivity contribution in [2.24, 2.45) is 0 Å². The van der Waals surface area contributed by atoms with Gasteiger partial charge in [-0.1, -0.05) is 24.3 Å². The van der Waals surface area contributed by atoms with Gasteiger partial charge in [-0.25, -0.2) is 9.59 Å². The molecule has 7 nitrogen and oxygen atoms in total. The first-order valence-corrected chi connectivity index (χ1v) is 11.1. The van der Waals surface area contributed by atoms with Gasteiger partial charge in [0.2, 0.25) is 0 Å². The lowest BCUT2D eigenvalue weighted by Gasteiger charge is -2.28. The second-order valence-electron chi connectivity index (χ2n) is 7.16. The van der Waals surface area contributed by atoms with E-state index >= 15 is 0 Å². The van der Waals surface area contributed by atoms with Crippen LogP contribution in [-0.4, -0.2) is 40.2 Å². The van der Waals surface area contributed by atoms with Crippen LogP contribution >= 0.6 is 11.8 Å². The van der Waals surface area contributed by atoms with Crippen LogP contribution in [0.5, 0.6) is 0 Å². The van der Waals surface area contributed by atoms with Crippen molar-refractivity contribution in [1.29, 1.82) is 0 Å². The summed E-state index contributed by atoms with van der Waals surface area (Å²) in [5.41, 5.74) is 3.98. The zero-order chi connectivity index (χ0) is 20.9. The Kier molecular flexibility index (Phi) is 6.13. The summed E-state index contributed by atoms with van der Waals surface area (Å²) >= 11 is 1.99. The van der Waals surface area contributed by atoms with Crippen LogP contribution in [0.3, 0.4) is 0 Å². The van der Waals surface area contributed by atoms with E-state index in [0.717, 1.165) is 24.3 Å². The topological polar surface area (TPSA) is 82.2 Å². The van der Waals surface area contributed by atoms with Crippen LogP contribution in [0.2, 0.25) is 0 Å². The number of carbonyl (C=O) groups excluding carboxylic acids is 1. The number of nitrogens with zero attached hydrogens (tertiary/aromatic N) is 2. The Bertz CT molecular complexity index is 1070. The van der Waals surface area contributed by atoms with Gasteiger partial charge in [-0.3, -0.25) is 4.57 Å². The molecule has 2 aromatic carbocycles. The average molecular weight is 424 g/mol. The molecular formula is C22H25N5O2S. The van der Waals surface area contributed by atoms with Gasteiger partial charge in [0.15, 0.2) is 0 Å². The van der Waals surface area contributed by atoms with E-state index in [-0.39, 0.29) is 11.7 Å². The van der Waals surface area contributed by atoms with Gasteiger partial charge < -0.3 is 20.5 Å². The van der Waals surface area contributed by atoms with Crippen LogP contribution < -0.4 is 21.2 Å². The van der Waals surface area contributed by atoms with Gasteiger partial charge >= 0.3 is 11.7 Å². The molecule has 2 heterocycles. The monoisotopic (exact) mass is 423 g/mol. The molecule has 3 aromatic rings. The van der Waals surface area contributed by atoms with E-state index < -0.39 is 0 Å². The van der Waals surface area contributed by atoms with E-state index in [0.29, 0.717) is 17.9 Å². The molecule has 0 radical (unpaired) electrons. The van der Waals surface area contributed by atoms with Crippen molar-refractivity contribution in [3.8, 4) is 5.69 Å². The van der Waals surface area contributed by atoms with Gasteiger partial charge in [0.25, 0.3) is 0 Å². The predicted octanol–water partition coefficient (Wildman–Crippen LogP) is 3.35. The zero-order valence-corrected chi connectivity index (χ0v) is 17.7. The molecule has 0 saturated carbocycles. The maximum Gasteiger partial charge on any atom is 0.330 e. The van der Waals surface area contributed by atoms with Gasteiger partial charge in [0.05, 0.1) is 11.4 Å². The quantitative estimate of drug-likeness (QED) is 0.588. The van der Waals surface area contributed by atoms with Gasteiger partial charge in [-0.05, 0) is 36.8 Å². The molecule has 0 unspecified atom stereocenters. The molecule has 1 aromatic heterocycles. The first kappa shape index (κ1) is 20.2. The molecule has 0 bridgehead atoms. The summed E-state index contributed by atoms with van der Waals surface area (Å²) in [5.74, 6) is 2.33. The number of H-pyrrole nitrogens is 1. The second kappa shape index (κ2) is 9.13. The Morgan fingerprint density at radius 1 is 1.10 bits per heavy atom. The van der Waals surface area contributed by atoms with Gasteiger partial charge in [-0.2, -0.15) is 11.8 Å². The number of hydrogen-bond acceptors (Lipinski definition) is 4. The molecule has 0 spiro atoms. The largest absolute Gasteiger partial charge is 0.370 e. The number of aryl methyl sites for hydroxylation is 1. The molecule has 3 N–H and O–H groups in total. The Labute approximate surface area is 179 Å². The number of thioether (sulfide) groups is 1. The summed E-state index contributed by atoms with van der Waals surface area (Å²) < 4.78 is 1.54. The minimum atomic E-state index is -0.319. The van der Waals surface area contributed by atoms with Crippen molar-refractivity contribution >= 4 is 29.2 Å². The fourth-order valence-corrected chi connectivity index (χ4v) is 4.43. The molecular weight excluding hydrogens is 398 g/mol. The lowest BCUT2D eigenvalue weighted by atomic mass is 10.2. The summed E-state index contributed by atoms with van der Waals surface area (Å²) in [6.07, 6.45) is 1.64. The van der Waals surface area contributed by atoms with Crippen molar-refractivity contribution in [3.05, 3.63) is 76.5 Å². The highest BCUT2D eigenvalue weighted by molar-refractivity contribution is 7.99. The molecule has 0 atom stereocenters. The number of benzene rings is 2. The number of aromatic amines is 1. The molecule has 8 heteroatoms. The molecule has 0 aliphatic carbocycles. The van der Waals surface area contributed by atoms with E-state index in [1.165, 1.54) is 21.8 Å². The van der Waals surface area contributed by atoms with E-state index in [1.807, 2.05) is 43.0 Å². The summed E-state index contributed by atoms with van der Waals surface area (Å²) in [7, 11) is 0. The summed E-state index contributed by atoms with van der Waals surface area (Å²) in [6, 6.07) is 15.2. The number of anilines is 2. The normalized spacial score (nSPS) is 13.8. The minimum absolute atomic E-state index is 0.241. The minimum Gasteiger partial charge on any atom is -0.370 e. The number of aromatic nitrogens is 2. The highest BCUT2D eigenvalue weighted by Gasteiger charge is 2.13. The molecule has 1 saturated heterocycles.